The Morgan fingerprint density at radius 1 is 0.800 bits per heavy atom. The molecule has 1 amide bonds. The molecule has 3 heterocycles. The van der Waals surface area contributed by atoms with Crippen molar-refractivity contribution in [3.63, 3.8) is 0 Å². The molecule has 0 radical (unpaired) electrons. The first-order valence-corrected chi connectivity index (χ1v) is 14.1. The molecule has 5 aromatic rings. The molecule has 0 unspecified atom stereocenters. The van der Waals surface area contributed by atoms with Crippen molar-refractivity contribution in [3.05, 3.63) is 114 Å². The summed E-state index contributed by atoms with van der Waals surface area (Å²) in [5, 5.41) is 5.65. The van der Waals surface area contributed by atoms with E-state index in [4.69, 9.17) is 15.1 Å². The molecule has 0 bridgehead atoms. The number of amides is 1. The fourth-order valence-electron chi connectivity index (χ4n) is 5.34. The Morgan fingerprint density at radius 3 is 2.33 bits per heavy atom. The van der Waals surface area contributed by atoms with E-state index in [0.717, 1.165) is 60.8 Å². The predicted molar refractivity (Wildman–Crippen MR) is 159 cm³/mol. The van der Waals surface area contributed by atoms with Crippen LogP contribution in [0.1, 0.15) is 35.4 Å². The van der Waals surface area contributed by atoms with E-state index in [1.807, 2.05) is 64.3 Å². The second-order valence-corrected chi connectivity index (χ2v) is 10.5. The van der Waals surface area contributed by atoms with Gasteiger partial charge in [-0.25, -0.2) is 14.6 Å². The molecular weight excluding hydrogens is 496 g/mol. The highest BCUT2D eigenvalue weighted by Crippen LogP contribution is 2.27. The van der Waals surface area contributed by atoms with Gasteiger partial charge < -0.3 is 9.80 Å². The van der Waals surface area contributed by atoms with Crippen LogP contribution in [0.3, 0.4) is 0 Å². The van der Waals surface area contributed by atoms with E-state index in [1.165, 1.54) is 16.7 Å². The van der Waals surface area contributed by atoms with Gasteiger partial charge in [0.25, 0.3) is 0 Å². The van der Waals surface area contributed by atoms with Crippen LogP contribution in [0.5, 0.6) is 0 Å². The van der Waals surface area contributed by atoms with E-state index < -0.39 is 0 Å². The second kappa shape index (κ2) is 11.7. The lowest BCUT2D eigenvalue weighted by Crippen LogP contribution is -2.35. The van der Waals surface area contributed by atoms with Gasteiger partial charge >= 0.3 is 0 Å². The third kappa shape index (κ3) is 5.73. The number of fused-ring (bicyclic) bond motifs is 1. The normalized spacial score (nSPS) is 13.9. The summed E-state index contributed by atoms with van der Waals surface area (Å²) >= 11 is 0. The van der Waals surface area contributed by atoms with Gasteiger partial charge in [0.05, 0.1) is 17.3 Å². The number of benzene rings is 3. The van der Waals surface area contributed by atoms with Gasteiger partial charge in [0.2, 0.25) is 5.91 Å². The zero-order valence-corrected chi connectivity index (χ0v) is 22.9. The first kappa shape index (κ1) is 25.7. The fraction of sp³-hybridized carbons (Fsp3) is 0.273. The molecule has 0 spiro atoms. The van der Waals surface area contributed by atoms with Crippen LogP contribution in [0.4, 0.5) is 5.82 Å². The molecule has 0 N–H and O–H groups in total. The first-order chi connectivity index (χ1) is 19.6. The standard InChI is InChI=1S/C33H34N6O/c1-25-13-15-27(16-14-25)23-30-35-32(29-24-34-39(33(29)36-30)28-11-6-3-7-12-28)38-20-8-19-37(21-22-38)31(40)18-17-26-9-4-2-5-10-26/h2-7,9-16,24H,8,17-23H2,1H3. The highest BCUT2D eigenvalue weighted by atomic mass is 16.2. The number of aryl methyl sites for hydroxylation is 2. The Kier molecular flexibility index (Phi) is 7.53. The monoisotopic (exact) mass is 530 g/mol. The van der Waals surface area contributed by atoms with E-state index in [9.17, 15) is 4.79 Å². The summed E-state index contributed by atoms with van der Waals surface area (Å²) in [5.74, 6) is 1.88. The van der Waals surface area contributed by atoms with Crippen molar-refractivity contribution in [1.29, 1.82) is 0 Å². The van der Waals surface area contributed by atoms with Gasteiger partial charge in [0.15, 0.2) is 5.65 Å². The van der Waals surface area contributed by atoms with Crippen LogP contribution in [0.2, 0.25) is 0 Å². The second-order valence-electron chi connectivity index (χ2n) is 10.5. The van der Waals surface area contributed by atoms with Crippen LogP contribution in [-0.4, -0.2) is 56.7 Å². The number of carbonyl (C=O) groups is 1. The Labute approximate surface area is 235 Å². The molecule has 1 aliphatic rings. The smallest absolute Gasteiger partial charge is 0.222 e. The van der Waals surface area contributed by atoms with Crippen LogP contribution in [0.25, 0.3) is 16.7 Å². The number of anilines is 1. The van der Waals surface area contributed by atoms with E-state index >= 15 is 0 Å². The summed E-state index contributed by atoms with van der Waals surface area (Å²) in [5.41, 5.74) is 5.38. The fourth-order valence-corrected chi connectivity index (χ4v) is 5.34. The SMILES string of the molecule is Cc1ccc(Cc2nc(N3CCCN(C(=O)CCc4ccccc4)CC3)c3cnn(-c4ccccc4)c3n2)cc1. The maximum atomic E-state index is 13.1. The summed E-state index contributed by atoms with van der Waals surface area (Å²) in [6.45, 7) is 5.09. The molecular formula is C33H34N6O. The number of para-hydroxylation sites is 1. The van der Waals surface area contributed by atoms with E-state index in [1.54, 1.807) is 0 Å². The molecule has 1 saturated heterocycles. The lowest BCUT2D eigenvalue weighted by Gasteiger charge is -2.24. The van der Waals surface area contributed by atoms with E-state index in [0.29, 0.717) is 19.4 Å². The summed E-state index contributed by atoms with van der Waals surface area (Å²) in [6, 6.07) is 28.9. The number of carbonyl (C=O) groups excluding carboxylic acids is 1. The van der Waals surface area contributed by atoms with Crippen LogP contribution in [0.15, 0.2) is 91.1 Å². The molecule has 6 rings (SSSR count). The molecule has 0 atom stereocenters. The minimum atomic E-state index is 0.218. The number of nitrogens with zero attached hydrogens (tertiary/aromatic N) is 6. The van der Waals surface area contributed by atoms with Crippen molar-refractivity contribution in [2.24, 2.45) is 0 Å². The zero-order valence-electron chi connectivity index (χ0n) is 22.9. The maximum Gasteiger partial charge on any atom is 0.222 e. The van der Waals surface area contributed by atoms with Crippen LogP contribution >= 0.6 is 0 Å². The predicted octanol–water partition coefficient (Wildman–Crippen LogP) is 5.39. The zero-order chi connectivity index (χ0) is 27.3. The molecule has 0 saturated carbocycles. The van der Waals surface area contributed by atoms with Crippen molar-refractivity contribution >= 4 is 22.8 Å². The third-order valence-corrected chi connectivity index (χ3v) is 7.56. The van der Waals surface area contributed by atoms with Crippen molar-refractivity contribution in [2.75, 3.05) is 31.1 Å². The van der Waals surface area contributed by atoms with E-state index in [2.05, 4.69) is 48.2 Å². The Balaban J connectivity index is 1.27. The van der Waals surface area contributed by atoms with Crippen LogP contribution in [0, 0.1) is 6.92 Å². The highest BCUT2D eigenvalue weighted by Gasteiger charge is 2.23. The average Bonchev–Trinajstić information content (AvgIpc) is 3.26. The Bertz CT molecular complexity index is 1580. The summed E-state index contributed by atoms with van der Waals surface area (Å²) in [6.07, 6.45) is 4.71. The Morgan fingerprint density at radius 2 is 1.55 bits per heavy atom. The van der Waals surface area contributed by atoms with Gasteiger partial charge in [-0.2, -0.15) is 5.10 Å². The minimum Gasteiger partial charge on any atom is -0.354 e. The van der Waals surface area contributed by atoms with Gasteiger partial charge in [-0.1, -0.05) is 78.4 Å². The molecule has 7 nitrogen and oxygen atoms in total. The van der Waals surface area contributed by atoms with Crippen molar-refractivity contribution in [3.8, 4) is 5.69 Å². The quantitative estimate of drug-likeness (QED) is 0.282. The molecule has 3 aromatic carbocycles. The first-order valence-electron chi connectivity index (χ1n) is 14.1. The molecule has 40 heavy (non-hydrogen) atoms. The van der Waals surface area contributed by atoms with Gasteiger partial charge in [0, 0.05) is 39.0 Å². The highest BCUT2D eigenvalue weighted by molar-refractivity contribution is 5.88. The summed E-state index contributed by atoms with van der Waals surface area (Å²) in [4.78, 5) is 27.5. The summed E-state index contributed by atoms with van der Waals surface area (Å²) < 4.78 is 1.90. The molecule has 2 aromatic heterocycles. The van der Waals surface area contributed by atoms with Gasteiger partial charge in [-0.05, 0) is 43.0 Å². The van der Waals surface area contributed by atoms with Crippen molar-refractivity contribution < 1.29 is 4.79 Å². The minimum absolute atomic E-state index is 0.218. The van der Waals surface area contributed by atoms with Gasteiger partial charge in [0.1, 0.15) is 11.6 Å². The van der Waals surface area contributed by atoms with Crippen LogP contribution in [-0.2, 0) is 17.6 Å². The van der Waals surface area contributed by atoms with E-state index in [-0.39, 0.29) is 5.91 Å². The molecule has 202 valence electrons. The molecule has 1 aliphatic heterocycles. The third-order valence-electron chi connectivity index (χ3n) is 7.56. The lowest BCUT2D eigenvalue weighted by molar-refractivity contribution is -0.130. The number of hydrogen-bond acceptors (Lipinski definition) is 5. The largest absolute Gasteiger partial charge is 0.354 e. The molecule has 7 heteroatoms. The number of aromatic nitrogens is 4. The molecule has 0 aliphatic carbocycles. The topological polar surface area (TPSA) is 67.2 Å². The number of rotatable bonds is 7. The number of hydrogen-bond donors (Lipinski definition) is 0. The average molecular weight is 531 g/mol. The van der Waals surface area contributed by atoms with Crippen LogP contribution < -0.4 is 4.90 Å². The Hall–Kier alpha value is -4.52. The summed E-state index contributed by atoms with van der Waals surface area (Å²) in [7, 11) is 0. The lowest BCUT2D eigenvalue weighted by atomic mass is 10.1. The van der Waals surface area contributed by atoms with Crippen molar-refractivity contribution in [1.82, 2.24) is 24.6 Å². The van der Waals surface area contributed by atoms with Crippen molar-refractivity contribution in [2.45, 2.75) is 32.6 Å². The maximum absolute atomic E-state index is 13.1. The van der Waals surface area contributed by atoms with Gasteiger partial charge in [-0.15, -0.1) is 0 Å². The van der Waals surface area contributed by atoms with Gasteiger partial charge in [-0.3, -0.25) is 4.79 Å². The molecule has 1 fully saturated rings.